The maximum atomic E-state index is 12.4. The molecule has 0 spiro atoms. The Balaban J connectivity index is 1.74. The number of hydrogen-bond donors (Lipinski definition) is 1. The van der Waals surface area contributed by atoms with Crippen LogP contribution in [-0.4, -0.2) is 16.6 Å². The van der Waals surface area contributed by atoms with Crippen LogP contribution in [0, 0.1) is 0 Å². The number of nitrogens with one attached hydrogen (secondary N) is 1. The molecule has 25 heavy (non-hydrogen) atoms. The molecule has 0 fully saturated rings. The van der Waals surface area contributed by atoms with Crippen molar-refractivity contribution >= 4 is 33.1 Å². The maximum absolute atomic E-state index is 12.4. The molecule has 0 aliphatic heterocycles. The lowest BCUT2D eigenvalue weighted by molar-refractivity contribution is -0.122. The Bertz CT molecular complexity index is 974. The van der Waals surface area contributed by atoms with Crippen LogP contribution < -0.4 is 14.9 Å². The molecule has 5 nitrogen and oxygen atoms in total. The molecule has 0 bridgehead atoms. The molecule has 0 saturated carbocycles. The number of nitrogens with zero attached hydrogens (tertiary/aromatic N) is 1. The van der Waals surface area contributed by atoms with E-state index in [2.05, 4.69) is 5.32 Å². The second-order valence-electron chi connectivity index (χ2n) is 5.82. The Hall–Kier alpha value is -2.60. The minimum atomic E-state index is -0.627. The molecule has 0 aliphatic rings. The largest absolute Gasteiger partial charge is 0.481 e. The fourth-order valence-electron chi connectivity index (χ4n) is 2.61. The van der Waals surface area contributed by atoms with Crippen molar-refractivity contribution in [2.45, 2.75) is 26.4 Å². The monoisotopic (exact) mass is 356 g/mol. The van der Waals surface area contributed by atoms with Crippen molar-refractivity contribution in [2.75, 3.05) is 5.32 Å². The Labute approximate surface area is 149 Å². The van der Waals surface area contributed by atoms with Crippen LogP contribution in [0.2, 0.25) is 0 Å². The summed E-state index contributed by atoms with van der Waals surface area (Å²) in [5.74, 6) is 0.498. The summed E-state index contributed by atoms with van der Waals surface area (Å²) in [6.45, 7) is 3.77. The molecule has 1 amide bonds. The zero-order chi connectivity index (χ0) is 18.0. The van der Waals surface area contributed by atoms with Gasteiger partial charge in [-0.15, -0.1) is 0 Å². The van der Waals surface area contributed by atoms with E-state index in [9.17, 15) is 9.59 Å². The Morgan fingerprint density at radius 3 is 2.80 bits per heavy atom. The van der Waals surface area contributed by atoms with Crippen LogP contribution >= 0.6 is 11.3 Å². The Morgan fingerprint density at radius 2 is 2.04 bits per heavy atom. The van der Waals surface area contributed by atoms with Crippen molar-refractivity contribution < 1.29 is 9.53 Å². The smallest absolute Gasteiger partial charge is 0.307 e. The first-order chi connectivity index (χ1) is 12.0. The maximum Gasteiger partial charge on any atom is 0.307 e. The lowest BCUT2D eigenvalue weighted by Crippen LogP contribution is -2.30. The van der Waals surface area contributed by atoms with Gasteiger partial charge < -0.3 is 14.6 Å². The van der Waals surface area contributed by atoms with Crippen LogP contribution in [0.4, 0.5) is 5.69 Å². The summed E-state index contributed by atoms with van der Waals surface area (Å²) >= 11 is 1.16. The summed E-state index contributed by atoms with van der Waals surface area (Å²) in [5, 5.41) is 2.85. The molecule has 130 valence electrons. The normalized spacial score (nSPS) is 12.1. The van der Waals surface area contributed by atoms with Crippen molar-refractivity contribution in [3.63, 3.8) is 0 Å². The molecule has 1 heterocycles. The summed E-state index contributed by atoms with van der Waals surface area (Å²) in [6.07, 6.45) is 0.214. The highest BCUT2D eigenvalue weighted by molar-refractivity contribution is 7.16. The topological polar surface area (TPSA) is 60.3 Å². The number of anilines is 1. The second kappa shape index (κ2) is 7.11. The third kappa shape index (κ3) is 3.58. The van der Waals surface area contributed by atoms with Gasteiger partial charge in [0.25, 0.3) is 5.91 Å². The van der Waals surface area contributed by atoms with Crippen LogP contribution in [0.3, 0.4) is 0 Å². The summed E-state index contributed by atoms with van der Waals surface area (Å²) in [7, 11) is 1.74. The molecular weight excluding hydrogens is 336 g/mol. The molecule has 2 aromatic carbocycles. The van der Waals surface area contributed by atoms with E-state index in [-0.39, 0.29) is 10.8 Å². The summed E-state index contributed by atoms with van der Waals surface area (Å²) in [6, 6.07) is 13.1. The number of fused-ring (bicyclic) bond motifs is 1. The van der Waals surface area contributed by atoms with Gasteiger partial charge in [0.2, 0.25) is 0 Å². The molecule has 1 atom stereocenters. The SMILES string of the molecule is CCc1ccccc1O[C@@H](C)C(=O)Nc1ccc2c(c1)sc(=O)n2C. The van der Waals surface area contributed by atoms with Crippen molar-refractivity contribution in [1.29, 1.82) is 0 Å². The van der Waals surface area contributed by atoms with Gasteiger partial charge in [-0.1, -0.05) is 36.5 Å². The number of ether oxygens (including phenoxy) is 1. The minimum absolute atomic E-state index is 0.0219. The van der Waals surface area contributed by atoms with Gasteiger partial charge in [0, 0.05) is 12.7 Å². The molecule has 0 aliphatic carbocycles. The van der Waals surface area contributed by atoms with E-state index in [1.54, 1.807) is 24.6 Å². The van der Waals surface area contributed by atoms with E-state index in [0.717, 1.165) is 39.3 Å². The van der Waals surface area contributed by atoms with Gasteiger partial charge in [-0.05, 0) is 43.2 Å². The van der Waals surface area contributed by atoms with Crippen molar-refractivity contribution in [3.8, 4) is 5.75 Å². The number of carbonyl (C=O) groups is 1. The number of aryl methyl sites for hydroxylation is 2. The molecule has 6 heteroatoms. The lowest BCUT2D eigenvalue weighted by atomic mass is 10.1. The van der Waals surface area contributed by atoms with E-state index >= 15 is 0 Å². The van der Waals surface area contributed by atoms with Gasteiger partial charge in [0.1, 0.15) is 5.75 Å². The summed E-state index contributed by atoms with van der Waals surface area (Å²) < 4.78 is 8.26. The van der Waals surface area contributed by atoms with Crippen LogP contribution in [0.15, 0.2) is 47.3 Å². The number of carbonyl (C=O) groups excluding carboxylic acids is 1. The van der Waals surface area contributed by atoms with Gasteiger partial charge in [-0.2, -0.15) is 0 Å². The molecule has 1 aromatic heterocycles. The molecule has 0 unspecified atom stereocenters. The molecule has 0 radical (unpaired) electrons. The second-order valence-corrected chi connectivity index (χ2v) is 6.81. The molecular formula is C19H20N2O3S. The first-order valence-corrected chi connectivity index (χ1v) is 8.96. The third-order valence-corrected chi connectivity index (χ3v) is 5.08. The quantitative estimate of drug-likeness (QED) is 0.760. The third-order valence-electron chi connectivity index (χ3n) is 4.09. The molecule has 3 aromatic rings. The number of para-hydroxylation sites is 1. The predicted octanol–water partition coefficient (Wildman–Crippen LogP) is 3.57. The fraction of sp³-hybridized carbons (Fsp3) is 0.263. The van der Waals surface area contributed by atoms with Crippen molar-refractivity contribution in [2.24, 2.45) is 7.05 Å². The first-order valence-electron chi connectivity index (χ1n) is 8.14. The van der Waals surface area contributed by atoms with Gasteiger partial charge in [-0.25, -0.2) is 0 Å². The predicted molar refractivity (Wildman–Crippen MR) is 102 cm³/mol. The Kier molecular flexibility index (Phi) is 4.90. The number of thiazole rings is 1. The number of hydrogen-bond acceptors (Lipinski definition) is 4. The lowest BCUT2D eigenvalue weighted by Gasteiger charge is -2.17. The van der Waals surface area contributed by atoms with Crippen LogP contribution in [0.1, 0.15) is 19.4 Å². The zero-order valence-electron chi connectivity index (χ0n) is 14.4. The van der Waals surface area contributed by atoms with Crippen molar-refractivity contribution in [3.05, 3.63) is 57.7 Å². The van der Waals surface area contributed by atoms with E-state index in [4.69, 9.17) is 4.74 Å². The van der Waals surface area contributed by atoms with Gasteiger partial charge in [0.05, 0.1) is 10.2 Å². The van der Waals surface area contributed by atoms with Crippen molar-refractivity contribution in [1.82, 2.24) is 4.57 Å². The van der Waals surface area contributed by atoms with E-state index in [1.165, 1.54) is 0 Å². The van der Waals surface area contributed by atoms with Gasteiger partial charge in [0.15, 0.2) is 6.10 Å². The van der Waals surface area contributed by atoms with Gasteiger partial charge >= 0.3 is 4.87 Å². The number of rotatable bonds is 5. The van der Waals surface area contributed by atoms with Crippen LogP contribution in [-0.2, 0) is 18.3 Å². The zero-order valence-corrected chi connectivity index (χ0v) is 15.2. The standard InChI is InChI=1S/C19H20N2O3S/c1-4-13-7-5-6-8-16(13)24-12(2)18(22)20-14-9-10-15-17(11-14)25-19(23)21(15)3/h5-12H,4H2,1-3H3,(H,20,22)/t12-/m0/s1. The number of aromatic nitrogens is 1. The summed E-state index contributed by atoms with van der Waals surface area (Å²) in [5.41, 5.74) is 2.57. The van der Waals surface area contributed by atoms with E-state index in [1.807, 2.05) is 43.3 Å². The van der Waals surface area contributed by atoms with Crippen LogP contribution in [0.25, 0.3) is 10.2 Å². The number of benzene rings is 2. The average Bonchev–Trinajstić information content (AvgIpc) is 2.89. The highest BCUT2D eigenvalue weighted by Gasteiger charge is 2.16. The average molecular weight is 356 g/mol. The van der Waals surface area contributed by atoms with E-state index in [0.29, 0.717) is 5.69 Å². The fourth-order valence-corrected chi connectivity index (χ4v) is 3.53. The number of amides is 1. The summed E-state index contributed by atoms with van der Waals surface area (Å²) in [4.78, 5) is 24.1. The van der Waals surface area contributed by atoms with Gasteiger partial charge in [-0.3, -0.25) is 9.59 Å². The molecule has 0 saturated heterocycles. The Morgan fingerprint density at radius 1 is 1.28 bits per heavy atom. The van der Waals surface area contributed by atoms with E-state index < -0.39 is 6.10 Å². The minimum Gasteiger partial charge on any atom is -0.481 e. The molecule has 1 N–H and O–H groups in total. The highest BCUT2D eigenvalue weighted by Crippen LogP contribution is 2.22. The first kappa shape index (κ1) is 17.2. The highest BCUT2D eigenvalue weighted by atomic mass is 32.1. The molecule has 3 rings (SSSR count). The van der Waals surface area contributed by atoms with Crippen LogP contribution in [0.5, 0.6) is 5.75 Å².